The fourth-order valence-corrected chi connectivity index (χ4v) is 2.56. The molecule has 1 N–H and O–H groups in total. The van der Waals surface area contributed by atoms with Crippen LogP contribution < -0.4 is 4.74 Å². The molecule has 1 fully saturated rings. The maximum atomic E-state index is 11.2. The molecule has 2 atom stereocenters. The van der Waals surface area contributed by atoms with Gasteiger partial charge in [0.15, 0.2) is 0 Å². The van der Waals surface area contributed by atoms with Crippen LogP contribution in [-0.2, 0) is 4.74 Å². The summed E-state index contributed by atoms with van der Waals surface area (Å²) in [6.45, 7) is 3.98. The minimum absolute atomic E-state index is 0.0296. The Morgan fingerprint density at radius 3 is 2.58 bits per heavy atom. The maximum Gasteiger partial charge on any atom is 0.339 e. The van der Waals surface area contributed by atoms with Crippen LogP contribution in [0.2, 0.25) is 5.02 Å². The summed E-state index contributed by atoms with van der Waals surface area (Å²) in [5, 5.41) is 9.55. The van der Waals surface area contributed by atoms with Crippen LogP contribution in [0.1, 0.15) is 37.0 Å². The van der Waals surface area contributed by atoms with Crippen LogP contribution in [0, 0.1) is 0 Å². The number of aromatic carboxylic acids is 1. The van der Waals surface area contributed by atoms with Gasteiger partial charge in [0.25, 0.3) is 0 Å². The van der Waals surface area contributed by atoms with Crippen LogP contribution in [0.3, 0.4) is 0 Å². The molecule has 0 spiro atoms. The van der Waals surface area contributed by atoms with Crippen LogP contribution in [0.4, 0.5) is 0 Å². The van der Waals surface area contributed by atoms with E-state index in [0.717, 1.165) is 12.8 Å². The molecule has 2 unspecified atom stereocenters. The summed E-state index contributed by atoms with van der Waals surface area (Å²) < 4.78 is 11.5. The van der Waals surface area contributed by atoms with Crippen molar-refractivity contribution < 1.29 is 19.4 Å². The van der Waals surface area contributed by atoms with Gasteiger partial charge in [-0.3, -0.25) is 0 Å². The van der Waals surface area contributed by atoms with Crippen LogP contribution >= 0.6 is 11.6 Å². The molecular weight excluding hydrogens is 268 g/mol. The molecule has 0 aliphatic carbocycles. The molecule has 1 saturated heterocycles. The molecule has 5 heteroatoms. The second-order valence-electron chi connectivity index (χ2n) is 4.91. The SMILES string of the molecule is CC1CC(Oc2ccc(Cl)cc2C(=O)O)CC(C)O1. The second kappa shape index (κ2) is 5.80. The van der Waals surface area contributed by atoms with Gasteiger partial charge in [0.1, 0.15) is 17.4 Å². The summed E-state index contributed by atoms with van der Waals surface area (Å²) >= 11 is 5.81. The monoisotopic (exact) mass is 284 g/mol. The van der Waals surface area contributed by atoms with Gasteiger partial charge in [-0.2, -0.15) is 0 Å². The first kappa shape index (κ1) is 14.2. The molecule has 0 aromatic heterocycles. The molecule has 0 radical (unpaired) electrons. The second-order valence-corrected chi connectivity index (χ2v) is 5.35. The molecular formula is C14H17ClO4. The normalized spacial score (nSPS) is 27.0. The topological polar surface area (TPSA) is 55.8 Å². The zero-order chi connectivity index (χ0) is 14.0. The highest BCUT2D eigenvalue weighted by molar-refractivity contribution is 6.31. The van der Waals surface area contributed by atoms with Crippen molar-refractivity contribution in [2.75, 3.05) is 0 Å². The van der Waals surface area contributed by atoms with E-state index in [1.165, 1.54) is 6.07 Å². The number of carbonyl (C=O) groups is 1. The van der Waals surface area contributed by atoms with Crippen molar-refractivity contribution in [2.24, 2.45) is 0 Å². The van der Waals surface area contributed by atoms with Gasteiger partial charge in [-0.15, -0.1) is 0 Å². The molecule has 1 heterocycles. The van der Waals surface area contributed by atoms with E-state index in [9.17, 15) is 4.79 Å². The Morgan fingerprint density at radius 1 is 1.37 bits per heavy atom. The Kier molecular flexibility index (Phi) is 4.32. The van der Waals surface area contributed by atoms with E-state index in [4.69, 9.17) is 26.2 Å². The largest absolute Gasteiger partial charge is 0.489 e. The highest BCUT2D eigenvalue weighted by Gasteiger charge is 2.27. The minimum atomic E-state index is -1.04. The highest BCUT2D eigenvalue weighted by Crippen LogP contribution is 2.28. The quantitative estimate of drug-likeness (QED) is 0.924. The number of hydrogen-bond acceptors (Lipinski definition) is 3. The van der Waals surface area contributed by atoms with E-state index >= 15 is 0 Å². The molecule has 1 aliphatic rings. The molecule has 1 aliphatic heterocycles. The van der Waals surface area contributed by atoms with E-state index < -0.39 is 5.97 Å². The first-order chi connectivity index (χ1) is 8.95. The predicted octanol–water partition coefficient (Wildman–Crippen LogP) is 3.37. The predicted molar refractivity (Wildman–Crippen MR) is 72.1 cm³/mol. The van der Waals surface area contributed by atoms with Crippen LogP contribution in [0.25, 0.3) is 0 Å². The lowest BCUT2D eigenvalue weighted by atomic mass is 10.0. The lowest BCUT2D eigenvalue weighted by Gasteiger charge is -2.32. The first-order valence-electron chi connectivity index (χ1n) is 6.30. The zero-order valence-electron chi connectivity index (χ0n) is 10.9. The van der Waals surface area contributed by atoms with Gasteiger partial charge in [-0.05, 0) is 32.0 Å². The summed E-state index contributed by atoms with van der Waals surface area (Å²) in [6, 6.07) is 4.65. The van der Waals surface area contributed by atoms with E-state index in [1.54, 1.807) is 12.1 Å². The van der Waals surface area contributed by atoms with Gasteiger partial charge in [0.2, 0.25) is 0 Å². The van der Waals surface area contributed by atoms with Crippen molar-refractivity contribution in [3.05, 3.63) is 28.8 Å². The number of carboxylic acid groups (broad SMARTS) is 1. The van der Waals surface area contributed by atoms with Crippen molar-refractivity contribution in [3.8, 4) is 5.75 Å². The molecule has 104 valence electrons. The lowest BCUT2D eigenvalue weighted by molar-refractivity contribution is -0.0722. The van der Waals surface area contributed by atoms with Crippen molar-refractivity contribution in [3.63, 3.8) is 0 Å². The average molecular weight is 285 g/mol. The molecule has 1 aromatic carbocycles. The summed E-state index contributed by atoms with van der Waals surface area (Å²) in [5.74, 6) is -0.672. The number of ether oxygens (including phenoxy) is 2. The number of carboxylic acids is 1. The summed E-state index contributed by atoms with van der Waals surface area (Å²) in [5.41, 5.74) is 0.0966. The van der Waals surface area contributed by atoms with Gasteiger partial charge >= 0.3 is 5.97 Å². The summed E-state index contributed by atoms with van der Waals surface area (Å²) in [6.07, 6.45) is 1.72. The molecule has 0 saturated carbocycles. The number of benzene rings is 1. The maximum absolute atomic E-state index is 11.2. The lowest BCUT2D eigenvalue weighted by Crippen LogP contribution is -2.36. The molecule has 0 bridgehead atoms. The Labute approximate surface area is 117 Å². The average Bonchev–Trinajstić information content (AvgIpc) is 2.30. The molecule has 2 rings (SSSR count). The van der Waals surface area contributed by atoms with E-state index in [-0.39, 0.29) is 23.9 Å². The van der Waals surface area contributed by atoms with Crippen molar-refractivity contribution >= 4 is 17.6 Å². The Bertz CT molecular complexity index is 465. The van der Waals surface area contributed by atoms with Gasteiger partial charge < -0.3 is 14.6 Å². The molecule has 4 nitrogen and oxygen atoms in total. The van der Waals surface area contributed by atoms with Gasteiger partial charge in [0, 0.05) is 17.9 Å². The van der Waals surface area contributed by atoms with E-state index in [1.807, 2.05) is 13.8 Å². The zero-order valence-corrected chi connectivity index (χ0v) is 11.7. The number of halogens is 1. The van der Waals surface area contributed by atoms with Crippen LogP contribution in [0.15, 0.2) is 18.2 Å². The van der Waals surface area contributed by atoms with Crippen molar-refractivity contribution in [1.29, 1.82) is 0 Å². The van der Waals surface area contributed by atoms with E-state index in [0.29, 0.717) is 10.8 Å². The molecule has 19 heavy (non-hydrogen) atoms. The Morgan fingerprint density at radius 2 is 2.00 bits per heavy atom. The standard InChI is InChI=1S/C14H17ClO4/c1-8-5-11(6-9(2)18-8)19-13-4-3-10(15)7-12(13)14(16)17/h3-4,7-9,11H,5-6H2,1-2H3,(H,16,17). The fourth-order valence-electron chi connectivity index (χ4n) is 2.39. The third kappa shape index (κ3) is 3.61. The first-order valence-corrected chi connectivity index (χ1v) is 6.68. The third-order valence-electron chi connectivity index (χ3n) is 3.12. The van der Waals surface area contributed by atoms with Gasteiger partial charge in [-0.1, -0.05) is 11.6 Å². The minimum Gasteiger partial charge on any atom is -0.489 e. The smallest absolute Gasteiger partial charge is 0.339 e. The molecule has 1 aromatic rings. The number of hydrogen-bond donors (Lipinski definition) is 1. The highest BCUT2D eigenvalue weighted by atomic mass is 35.5. The summed E-state index contributed by atoms with van der Waals surface area (Å²) in [4.78, 5) is 11.2. The Balaban J connectivity index is 2.16. The van der Waals surface area contributed by atoms with Crippen molar-refractivity contribution in [2.45, 2.75) is 45.0 Å². The number of rotatable bonds is 3. The van der Waals surface area contributed by atoms with Gasteiger partial charge in [-0.25, -0.2) is 4.79 Å². The Hall–Kier alpha value is -1.26. The fraction of sp³-hybridized carbons (Fsp3) is 0.500. The molecule has 0 amide bonds. The third-order valence-corrected chi connectivity index (χ3v) is 3.36. The summed E-state index contributed by atoms with van der Waals surface area (Å²) in [7, 11) is 0. The van der Waals surface area contributed by atoms with Crippen LogP contribution in [0.5, 0.6) is 5.75 Å². The van der Waals surface area contributed by atoms with Crippen LogP contribution in [-0.4, -0.2) is 29.4 Å². The van der Waals surface area contributed by atoms with Crippen molar-refractivity contribution in [1.82, 2.24) is 0 Å². The van der Waals surface area contributed by atoms with E-state index in [2.05, 4.69) is 0 Å². The van der Waals surface area contributed by atoms with Gasteiger partial charge in [0.05, 0.1) is 12.2 Å².